The van der Waals surface area contributed by atoms with Crippen LogP contribution in [0.5, 0.6) is 0 Å². The molecule has 5 heteroatoms. The number of nitrogens with one attached hydrogen (secondary N) is 1. The van der Waals surface area contributed by atoms with Crippen molar-refractivity contribution in [2.45, 2.75) is 19.9 Å². The van der Waals surface area contributed by atoms with Crippen LogP contribution in [0, 0.1) is 12.7 Å². The molecular formula is C17H18BrFN2O. The molecule has 22 heavy (non-hydrogen) atoms. The molecule has 1 atom stereocenters. The van der Waals surface area contributed by atoms with E-state index in [4.69, 9.17) is 0 Å². The van der Waals surface area contributed by atoms with Crippen molar-refractivity contribution in [2.75, 3.05) is 12.4 Å². The molecule has 3 nitrogen and oxygen atoms in total. The summed E-state index contributed by atoms with van der Waals surface area (Å²) in [5, 5.41) is 2.86. The van der Waals surface area contributed by atoms with Gasteiger partial charge in [-0.3, -0.25) is 0 Å². The first-order valence-corrected chi connectivity index (χ1v) is 7.74. The van der Waals surface area contributed by atoms with Crippen molar-refractivity contribution in [2.24, 2.45) is 0 Å². The summed E-state index contributed by atoms with van der Waals surface area (Å²) >= 11 is 3.38. The number of nitrogens with zero attached hydrogens (tertiary/aromatic N) is 1. The number of urea groups is 1. The maximum absolute atomic E-state index is 13.8. The standard InChI is InChI=1S/C17H18BrFN2O/c1-11-8-9-13(18)10-16(11)20-17(22)21(3)12(2)14-6-4-5-7-15(14)19/h4-10,12H,1-3H3,(H,20,22). The molecule has 0 saturated heterocycles. The summed E-state index contributed by atoms with van der Waals surface area (Å²) in [7, 11) is 1.65. The van der Waals surface area contributed by atoms with Gasteiger partial charge in [0.2, 0.25) is 0 Å². The average molecular weight is 365 g/mol. The van der Waals surface area contributed by atoms with Crippen LogP contribution in [0.3, 0.4) is 0 Å². The van der Waals surface area contributed by atoms with Crippen LogP contribution < -0.4 is 5.32 Å². The van der Waals surface area contributed by atoms with Gasteiger partial charge in [0.25, 0.3) is 0 Å². The molecule has 0 fully saturated rings. The lowest BCUT2D eigenvalue weighted by Gasteiger charge is -2.26. The second-order valence-electron chi connectivity index (χ2n) is 5.20. The molecule has 0 aliphatic rings. The summed E-state index contributed by atoms with van der Waals surface area (Å²) in [4.78, 5) is 13.9. The van der Waals surface area contributed by atoms with Gasteiger partial charge in [-0.25, -0.2) is 9.18 Å². The van der Waals surface area contributed by atoms with Crippen molar-refractivity contribution in [1.82, 2.24) is 4.90 Å². The Morgan fingerprint density at radius 2 is 1.95 bits per heavy atom. The zero-order valence-corrected chi connectivity index (χ0v) is 14.3. The highest BCUT2D eigenvalue weighted by Crippen LogP contribution is 2.24. The Labute approximate surface area is 138 Å². The molecule has 2 rings (SSSR count). The number of halogens is 2. The van der Waals surface area contributed by atoms with Crippen molar-refractivity contribution < 1.29 is 9.18 Å². The fourth-order valence-electron chi connectivity index (χ4n) is 2.13. The van der Waals surface area contributed by atoms with Crippen LogP contribution in [-0.2, 0) is 0 Å². The number of amides is 2. The van der Waals surface area contributed by atoms with Gasteiger partial charge in [0.05, 0.1) is 6.04 Å². The zero-order valence-electron chi connectivity index (χ0n) is 12.7. The van der Waals surface area contributed by atoms with Crippen LogP contribution in [0.2, 0.25) is 0 Å². The molecule has 0 bridgehead atoms. The molecule has 1 N–H and O–H groups in total. The van der Waals surface area contributed by atoms with Crippen LogP contribution in [0.25, 0.3) is 0 Å². The van der Waals surface area contributed by atoms with E-state index in [0.29, 0.717) is 5.56 Å². The third-order valence-electron chi connectivity index (χ3n) is 3.70. The van der Waals surface area contributed by atoms with Gasteiger partial charge < -0.3 is 10.2 Å². The summed E-state index contributed by atoms with van der Waals surface area (Å²) in [5.41, 5.74) is 2.18. The van der Waals surface area contributed by atoms with Crippen molar-refractivity contribution in [3.8, 4) is 0 Å². The van der Waals surface area contributed by atoms with Gasteiger partial charge in [-0.15, -0.1) is 0 Å². The Morgan fingerprint density at radius 3 is 2.64 bits per heavy atom. The van der Waals surface area contributed by atoms with Crippen molar-refractivity contribution in [3.05, 3.63) is 63.9 Å². The van der Waals surface area contributed by atoms with Crippen molar-refractivity contribution >= 4 is 27.6 Å². The molecule has 0 spiro atoms. The van der Waals surface area contributed by atoms with Crippen LogP contribution in [0.4, 0.5) is 14.9 Å². The van der Waals surface area contributed by atoms with Gasteiger partial charge in [-0.2, -0.15) is 0 Å². The molecule has 0 aromatic heterocycles. The molecule has 0 heterocycles. The Kier molecular flexibility index (Phi) is 5.19. The van der Waals surface area contributed by atoms with E-state index in [0.717, 1.165) is 15.7 Å². The second kappa shape index (κ2) is 6.92. The minimum Gasteiger partial charge on any atom is -0.321 e. The maximum atomic E-state index is 13.8. The van der Waals surface area contributed by atoms with Gasteiger partial charge in [-0.1, -0.05) is 40.2 Å². The molecule has 0 radical (unpaired) electrons. The van der Waals surface area contributed by atoms with E-state index in [1.807, 2.05) is 25.1 Å². The minimum atomic E-state index is -0.367. The van der Waals surface area contributed by atoms with Gasteiger partial charge >= 0.3 is 6.03 Å². The minimum absolute atomic E-state index is 0.281. The average Bonchev–Trinajstić information content (AvgIpc) is 2.50. The summed E-state index contributed by atoms with van der Waals surface area (Å²) in [6.45, 7) is 3.72. The Bertz CT molecular complexity index is 690. The quantitative estimate of drug-likeness (QED) is 0.804. The summed E-state index contributed by atoms with van der Waals surface area (Å²) in [6, 6.07) is 11.5. The predicted molar refractivity (Wildman–Crippen MR) is 90.5 cm³/mol. The van der Waals surface area contributed by atoms with Crippen molar-refractivity contribution in [1.29, 1.82) is 0 Å². The van der Waals surface area contributed by atoms with E-state index in [9.17, 15) is 9.18 Å². The number of aryl methyl sites for hydroxylation is 1. The first-order valence-electron chi connectivity index (χ1n) is 6.94. The predicted octanol–water partition coefficient (Wildman–Crippen LogP) is 5.12. The normalized spacial score (nSPS) is 11.9. The SMILES string of the molecule is Cc1ccc(Br)cc1NC(=O)N(C)C(C)c1ccccc1F. The fraction of sp³-hybridized carbons (Fsp3) is 0.235. The van der Waals surface area contributed by atoms with E-state index >= 15 is 0 Å². The maximum Gasteiger partial charge on any atom is 0.322 e. The van der Waals surface area contributed by atoms with Crippen LogP contribution in [0.1, 0.15) is 24.1 Å². The molecule has 0 aliphatic carbocycles. The highest BCUT2D eigenvalue weighted by Gasteiger charge is 2.20. The second-order valence-corrected chi connectivity index (χ2v) is 6.11. The molecule has 2 aromatic carbocycles. The largest absolute Gasteiger partial charge is 0.322 e. The van der Waals surface area contributed by atoms with Gasteiger partial charge in [0, 0.05) is 22.8 Å². The number of hydrogen-bond donors (Lipinski definition) is 1. The monoisotopic (exact) mass is 364 g/mol. The van der Waals surface area contributed by atoms with Crippen LogP contribution in [0.15, 0.2) is 46.9 Å². The molecule has 0 saturated carbocycles. The summed E-state index contributed by atoms with van der Waals surface area (Å²) < 4.78 is 14.7. The van der Waals surface area contributed by atoms with E-state index < -0.39 is 0 Å². The van der Waals surface area contributed by atoms with Crippen LogP contribution in [-0.4, -0.2) is 18.0 Å². The van der Waals surface area contributed by atoms with Gasteiger partial charge in [-0.05, 0) is 37.6 Å². The number of benzene rings is 2. The lowest BCUT2D eigenvalue weighted by atomic mass is 10.1. The highest BCUT2D eigenvalue weighted by molar-refractivity contribution is 9.10. The lowest BCUT2D eigenvalue weighted by Crippen LogP contribution is -2.34. The fourth-order valence-corrected chi connectivity index (χ4v) is 2.49. The number of carbonyl (C=O) groups excluding carboxylic acids is 1. The summed E-state index contributed by atoms with van der Waals surface area (Å²) in [6.07, 6.45) is 0. The third kappa shape index (κ3) is 3.65. The number of carbonyl (C=O) groups is 1. The number of rotatable bonds is 3. The zero-order chi connectivity index (χ0) is 16.3. The lowest BCUT2D eigenvalue weighted by molar-refractivity contribution is 0.207. The van der Waals surface area contributed by atoms with Gasteiger partial charge in [0.15, 0.2) is 0 Å². The number of anilines is 1. The van der Waals surface area contributed by atoms with E-state index in [1.54, 1.807) is 32.2 Å². The molecule has 0 aliphatic heterocycles. The van der Waals surface area contributed by atoms with Crippen molar-refractivity contribution in [3.63, 3.8) is 0 Å². The topological polar surface area (TPSA) is 32.3 Å². The Morgan fingerprint density at radius 1 is 1.27 bits per heavy atom. The Hall–Kier alpha value is -1.88. The van der Waals surface area contributed by atoms with Crippen LogP contribution >= 0.6 is 15.9 Å². The Balaban J connectivity index is 2.15. The van der Waals surface area contributed by atoms with E-state index in [-0.39, 0.29) is 17.9 Å². The van der Waals surface area contributed by atoms with E-state index in [2.05, 4.69) is 21.2 Å². The smallest absolute Gasteiger partial charge is 0.321 e. The summed E-state index contributed by atoms with van der Waals surface area (Å²) in [5.74, 6) is -0.312. The first kappa shape index (κ1) is 16.5. The highest BCUT2D eigenvalue weighted by atomic mass is 79.9. The third-order valence-corrected chi connectivity index (χ3v) is 4.19. The van der Waals surface area contributed by atoms with Gasteiger partial charge in [0.1, 0.15) is 5.82 Å². The number of hydrogen-bond acceptors (Lipinski definition) is 1. The van der Waals surface area contributed by atoms with E-state index in [1.165, 1.54) is 11.0 Å². The molecule has 2 amide bonds. The molecule has 1 unspecified atom stereocenters. The molecular weight excluding hydrogens is 347 g/mol. The first-order chi connectivity index (χ1) is 10.4. The molecule has 2 aromatic rings. The molecule has 116 valence electrons.